The highest BCUT2D eigenvalue weighted by Gasteiger charge is 2.10. The summed E-state index contributed by atoms with van der Waals surface area (Å²) < 4.78 is 4.69. The minimum atomic E-state index is -0.272. The summed E-state index contributed by atoms with van der Waals surface area (Å²) in [5, 5.41) is 0.807. The van der Waals surface area contributed by atoms with E-state index in [1.54, 1.807) is 0 Å². The first-order valence-electron chi connectivity index (χ1n) is 4.34. The van der Waals surface area contributed by atoms with Crippen LogP contribution in [0.4, 0.5) is 0 Å². The largest absolute Gasteiger partial charge is 0.465 e. The van der Waals surface area contributed by atoms with Crippen molar-refractivity contribution in [2.45, 2.75) is 19.2 Å². The predicted molar refractivity (Wildman–Crippen MR) is 59.9 cm³/mol. The van der Waals surface area contributed by atoms with E-state index < -0.39 is 0 Å². The number of aryl methyl sites for hydroxylation is 2. The van der Waals surface area contributed by atoms with Crippen LogP contribution in [-0.4, -0.2) is 13.1 Å². The van der Waals surface area contributed by atoms with Gasteiger partial charge in [-0.15, -0.1) is 0 Å². The first-order valence-corrected chi connectivity index (χ1v) is 5.46. The normalized spacial score (nSPS) is 10.0. The number of hydrogen-bond acceptors (Lipinski definition) is 2. The van der Waals surface area contributed by atoms with Crippen LogP contribution in [0.2, 0.25) is 0 Å². The van der Waals surface area contributed by atoms with E-state index in [0.29, 0.717) is 5.56 Å². The molecule has 0 heterocycles. The van der Waals surface area contributed by atoms with Crippen molar-refractivity contribution in [1.29, 1.82) is 0 Å². The second-order valence-corrected chi connectivity index (χ2v) is 3.78. The van der Waals surface area contributed by atoms with Crippen LogP contribution in [0.1, 0.15) is 27.0 Å². The average Bonchev–Trinajstić information content (AvgIpc) is 2.19. The number of alkyl halides is 1. The highest BCUT2D eigenvalue weighted by Crippen LogP contribution is 2.18. The van der Waals surface area contributed by atoms with Crippen molar-refractivity contribution in [2.75, 3.05) is 7.11 Å². The van der Waals surface area contributed by atoms with Gasteiger partial charge >= 0.3 is 5.97 Å². The summed E-state index contributed by atoms with van der Waals surface area (Å²) in [6.07, 6.45) is 0. The molecule has 0 radical (unpaired) electrons. The molecule has 0 bridgehead atoms. The van der Waals surface area contributed by atoms with Gasteiger partial charge < -0.3 is 4.74 Å². The topological polar surface area (TPSA) is 26.3 Å². The molecule has 1 aromatic carbocycles. The van der Waals surface area contributed by atoms with Gasteiger partial charge in [-0.3, -0.25) is 0 Å². The van der Waals surface area contributed by atoms with E-state index in [9.17, 15) is 4.79 Å². The van der Waals surface area contributed by atoms with Crippen LogP contribution >= 0.6 is 15.9 Å². The van der Waals surface area contributed by atoms with E-state index in [-0.39, 0.29) is 5.97 Å². The van der Waals surface area contributed by atoms with Gasteiger partial charge in [-0.25, -0.2) is 4.79 Å². The molecule has 3 heteroatoms. The lowest BCUT2D eigenvalue weighted by Gasteiger charge is -2.08. The predicted octanol–water partition coefficient (Wildman–Crippen LogP) is 2.98. The number of methoxy groups -OCH3 is 1. The Labute approximate surface area is 92.4 Å². The SMILES string of the molecule is COC(=O)c1cc(C)c(CBr)cc1C. The van der Waals surface area contributed by atoms with Crippen LogP contribution in [0, 0.1) is 13.8 Å². The van der Waals surface area contributed by atoms with Gasteiger partial charge in [0, 0.05) is 5.33 Å². The molecule has 14 heavy (non-hydrogen) atoms. The van der Waals surface area contributed by atoms with Crippen molar-refractivity contribution < 1.29 is 9.53 Å². The van der Waals surface area contributed by atoms with E-state index in [2.05, 4.69) is 15.9 Å². The molecule has 0 N–H and O–H groups in total. The molecular formula is C11H13BrO2. The Morgan fingerprint density at radius 2 is 2.00 bits per heavy atom. The lowest BCUT2D eigenvalue weighted by Crippen LogP contribution is -2.05. The molecular weight excluding hydrogens is 244 g/mol. The first-order chi connectivity index (χ1) is 6.60. The molecule has 0 aliphatic heterocycles. The lowest BCUT2D eigenvalue weighted by molar-refractivity contribution is 0.0600. The quantitative estimate of drug-likeness (QED) is 0.601. The van der Waals surface area contributed by atoms with Gasteiger partial charge in [0.2, 0.25) is 0 Å². The summed E-state index contributed by atoms with van der Waals surface area (Å²) in [4.78, 5) is 11.4. The van der Waals surface area contributed by atoms with E-state index >= 15 is 0 Å². The highest BCUT2D eigenvalue weighted by atomic mass is 79.9. The highest BCUT2D eigenvalue weighted by molar-refractivity contribution is 9.08. The Bertz CT molecular complexity index is 359. The smallest absolute Gasteiger partial charge is 0.338 e. The molecule has 0 saturated heterocycles. The summed E-state index contributed by atoms with van der Waals surface area (Å²) in [5.74, 6) is -0.272. The first kappa shape index (κ1) is 11.2. The molecule has 0 unspecified atom stereocenters. The molecule has 0 spiro atoms. The van der Waals surface area contributed by atoms with Crippen LogP contribution < -0.4 is 0 Å². The summed E-state index contributed by atoms with van der Waals surface area (Å²) >= 11 is 3.40. The molecule has 2 nitrogen and oxygen atoms in total. The molecule has 0 amide bonds. The van der Waals surface area contributed by atoms with Crippen molar-refractivity contribution in [3.05, 3.63) is 34.4 Å². The Morgan fingerprint density at radius 3 is 2.50 bits per heavy atom. The molecule has 0 aliphatic rings. The Kier molecular flexibility index (Phi) is 3.69. The maximum absolute atomic E-state index is 11.4. The van der Waals surface area contributed by atoms with Gasteiger partial charge in [0.25, 0.3) is 0 Å². The van der Waals surface area contributed by atoms with Crippen LogP contribution in [0.15, 0.2) is 12.1 Å². The fourth-order valence-corrected chi connectivity index (χ4v) is 1.95. The van der Waals surface area contributed by atoms with E-state index in [1.165, 1.54) is 12.7 Å². The number of carbonyl (C=O) groups excluding carboxylic acids is 1. The van der Waals surface area contributed by atoms with Crippen LogP contribution in [-0.2, 0) is 10.1 Å². The second-order valence-electron chi connectivity index (χ2n) is 3.22. The second kappa shape index (κ2) is 4.60. The van der Waals surface area contributed by atoms with Crippen LogP contribution in [0.25, 0.3) is 0 Å². The maximum atomic E-state index is 11.4. The third-order valence-electron chi connectivity index (χ3n) is 2.23. The molecule has 76 valence electrons. The number of esters is 1. The van der Waals surface area contributed by atoms with Gasteiger partial charge in [-0.05, 0) is 36.6 Å². The maximum Gasteiger partial charge on any atom is 0.338 e. The number of halogens is 1. The van der Waals surface area contributed by atoms with Gasteiger partial charge in [-0.1, -0.05) is 22.0 Å². The minimum Gasteiger partial charge on any atom is -0.465 e. The zero-order valence-electron chi connectivity index (χ0n) is 8.56. The minimum absolute atomic E-state index is 0.272. The molecule has 0 aromatic heterocycles. The van der Waals surface area contributed by atoms with E-state index in [4.69, 9.17) is 4.74 Å². The molecule has 0 saturated carbocycles. The van der Waals surface area contributed by atoms with Gasteiger partial charge in [0.15, 0.2) is 0 Å². The summed E-state index contributed by atoms with van der Waals surface area (Å²) in [5.41, 5.74) is 3.91. The van der Waals surface area contributed by atoms with Crippen LogP contribution in [0.3, 0.4) is 0 Å². The fourth-order valence-electron chi connectivity index (χ4n) is 1.35. The van der Waals surface area contributed by atoms with Crippen molar-refractivity contribution in [3.8, 4) is 0 Å². The molecule has 0 aliphatic carbocycles. The van der Waals surface area contributed by atoms with Crippen molar-refractivity contribution >= 4 is 21.9 Å². The summed E-state index contributed by atoms with van der Waals surface area (Å²) in [6.45, 7) is 3.90. The van der Waals surface area contributed by atoms with E-state index in [1.807, 2.05) is 26.0 Å². The lowest BCUT2D eigenvalue weighted by atomic mass is 10.0. The number of rotatable bonds is 2. The molecule has 0 fully saturated rings. The number of benzene rings is 1. The third-order valence-corrected chi connectivity index (χ3v) is 2.84. The fraction of sp³-hybridized carbons (Fsp3) is 0.364. The molecule has 1 aromatic rings. The zero-order chi connectivity index (χ0) is 10.7. The van der Waals surface area contributed by atoms with Crippen molar-refractivity contribution in [3.63, 3.8) is 0 Å². The molecule has 0 atom stereocenters. The van der Waals surface area contributed by atoms with Crippen molar-refractivity contribution in [1.82, 2.24) is 0 Å². The van der Waals surface area contributed by atoms with Gasteiger partial charge in [0.05, 0.1) is 12.7 Å². The van der Waals surface area contributed by atoms with Crippen molar-refractivity contribution in [2.24, 2.45) is 0 Å². The van der Waals surface area contributed by atoms with Crippen LogP contribution in [0.5, 0.6) is 0 Å². The third kappa shape index (κ3) is 2.15. The van der Waals surface area contributed by atoms with Gasteiger partial charge in [0.1, 0.15) is 0 Å². The summed E-state index contributed by atoms with van der Waals surface area (Å²) in [7, 11) is 1.40. The number of ether oxygens (including phenoxy) is 1. The summed E-state index contributed by atoms with van der Waals surface area (Å²) in [6, 6.07) is 3.88. The number of hydrogen-bond donors (Lipinski definition) is 0. The van der Waals surface area contributed by atoms with Gasteiger partial charge in [-0.2, -0.15) is 0 Å². The molecule has 1 rings (SSSR count). The number of carbonyl (C=O) groups is 1. The standard InChI is InChI=1S/C11H13BrO2/c1-7-5-10(11(13)14-3)8(2)4-9(7)6-12/h4-5H,6H2,1-3H3. The Morgan fingerprint density at radius 1 is 1.36 bits per heavy atom. The van der Waals surface area contributed by atoms with E-state index in [0.717, 1.165) is 16.5 Å². The Hall–Kier alpha value is -0.830. The zero-order valence-corrected chi connectivity index (χ0v) is 10.1. The Balaban J connectivity index is 3.21. The monoisotopic (exact) mass is 256 g/mol. The average molecular weight is 257 g/mol.